The second kappa shape index (κ2) is 5.40. The van der Waals surface area contributed by atoms with Crippen molar-refractivity contribution in [2.75, 3.05) is 19.8 Å². The molecule has 0 bridgehead atoms. The minimum Gasteiger partial charge on any atom is -0.378 e. The summed E-state index contributed by atoms with van der Waals surface area (Å²) in [6.45, 7) is 2.40. The Morgan fingerprint density at radius 2 is 1.90 bits per heavy atom. The number of nitrogens with zero attached hydrogens (tertiary/aromatic N) is 1. The van der Waals surface area contributed by atoms with Crippen LogP contribution in [0.4, 0.5) is 3.89 Å². The molecule has 0 aliphatic carbocycles. The molecule has 1 aromatic carbocycles. The Balaban J connectivity index is 2.44. The van der Waals surface area contributed by atoms with Gasteiger partial charge in [0.1, 0.15) is 0 Å². The smallest absolute Gasteiger partial charge is 0.332 e. The first-order valence-electron chi connectivity index (χ1n) is 5.87. The van der Waals surface area contributed by atoms with Crippen LogP contribution in [-0.2, 0) is 25.0 Å². The average Bonchev–Trinajstić information content (AvgIpc) is 2.38. The van der Waals surface area contributed by atoms with E-state index in [1.165, 1.54) is 16.4 Å². The summed E-state index contributed by atoms with van der Waals surface area (Å²) in [4.78, 5) is -0.913. The first-order valence-corrected chi connectivity index (χ1v) is 8.69. The topological polar surface area (TPSA) is 80.8 Å². The summed E-state index contributed by atoms with van der Waals surface area (Å²) in [6, 6.07) is 3.92. The molecule has 9 heteroatoms. The third kappa shape index (κ3) is 3.00. The molecule has 1 saturated heterocycles. The lowest BCUT2D eigenvalue weighted by Crippen LogP contribution is -2.46. The number of halogens is 1. The van der Waals surface area contributed by atoms with Crippen molar-refractivity contribution in [3.05, 3.63) is 24.3 Å². The van der Waals surface area contributed by atoms with E-state index in [0.29, 0.717) is 0 Å². The molecule has 1 heterocycles. The first-order chi connectivity index (χ1) is 9.23. The van der Waals surface area contributed by atoms with Crippen LogP contribution in [0.15, 0.2) is 34.1 Å². The van der Waals surface area contributed by atoms with Crippen LogP contribution in [0.5, 0.6) is 0 Å². The van der Waals surface area contributed by atoms with Gasteiger partial charge in [-0.05, 0) is 25.1 Å². The minimum absolute atomic E-state index is 0.177. The SMILES string of the molecule is CC1COCCN1S(=O)(=O)c1cccc(S(=O)(=O)F)c1. The molecule has 1 unspecified atom stereocenters. The highest BCUT2D eigenvalue weighted by Crippen LogP contribution is 2.23. The molecule has 1 atom stereocenters. The van der Waals surface area contributed by atoms with Crippen LogP contribution in [0.3, 0.4) is 0 Å². The van der Waals surface area contributed by atoms with Gasteiger partial charge in [-0.1, -0.05) is 6.07 Å². The van der Waals surface area contributed by atoms with E-state index in [9.17, 15) is 20.7 Å². The monoisotopic (exact) mass is 323 g/mol. The van der Waals surface area contributed by atoms with E-state index in [1.54, 1.807) is 6.92 Å². The zero-order valence-electron chi connectivity index (χ0n) is 10.7. The van der Waals surface area contributed by atoms with E-state index in [-0.39, 0.29) is 30.7 Å². The highest BCUT2D eigenvalue weighted by molar-refractivity contribution is 7.89. The maximum atomic E-state index is 13.0. The molecule has 1 aliphatic heterocycles. The van der Waals surface area contributed by atoms with Crippen molar-refractivity contribution in [1.82, 2.24) is 4.31 Å². The molecule has 0 saturated carbocycles. The standard InChI is InChI=1S/C11H14FNO5S2/c1-9-8-18-6-5-13(9)20(16,17)11-4-2-3-10(7-11)19(12,14)15/h2-4,7,9H,5-6,8H2,1H3. The Labute approximate surface area is 117 Å². The molecule has 0 N–H and O–H groups in total. The fourth-order valence-electron chi connectivity index (χ4n) is 1.99. The third-order valence-corrected chi connectivity index (χ3v) is 5.83. The van der Waals surface area contributed by atoms with Gasteiger partial charge in [-0.25, -0.2) is 8.42 Å². The number of hydrogen-bond donors (Lipinski definition) is 0. The molecular formula is C11H14FNO5S2. The van der Waals surface area contributed by atoms with Crippen molar-refractivity contribution in [2.45, 2.75) is 22.8 Å². The molecule has 6 nitrogen and oxygen atoms in total. The number of morpholine rings is 1. The van der Waals surface area contributed by atoms with Gasteiger partial charge in [0, 0.05) is 12.6 Å². The lowest BCUT2D eigenvalue weighted by atomic mass is 10.3. The van der Waals surface area contributed by atoms with Gasteiger partial charge in [0.2, 0.25) is 10.0 Å². The second-order valence-electron chi connectivity index (χ2n) is 4.45. The van der Waals surface area contributed by atoms with Crippen LogP contribution in [0.1, 0.15) is 6.92 Å². The number of ether oxygens (including phenoxy) is 1. The fourth-order valence-corrected chi connectivity index (χ4v) is 4.22. The Morgan fingerprint density at radius 3 is 2.50 bits per heavy atom. The molecule has 0 amide bonds. The summed E-state index contributed by atoms with van der Waals surface area (Å²) in [5.41, 5.74) is 0. The van der Waals surface area contributed by atoms with Crippen molar-refractivity contribution in [3.63, 3.8) is 0 Å². The highest BCUT2D eigenvalue weighted by Gasteiger charge is 2.32. The number of sulfonamides is 1. The van der Waals surface area contributed by atoms with Crippen molar-refractivity contribution in [1.29, 1.82) is 0 Å². The first kappa shape index (κ1) is 15.4. The van der Waals surface area contributed by atoms with E-state index in [4.69, 9.17) is 4.74 Å². The van der Waals surface area contributed by atoms with E-state index < -0.39 is 25.1 Å². The summed E-state index contributed by atoms with van der Waals surface area (Å²) in [7, 11) is -8.81. The summed E-state index contributed by atoms with van der Waals surface area (Å²) in [6.07, 6.45) is 0. The Kier molecular flexibility index (Phi) is 4.14. The van der Waals surface area contributed by atoms with E-state index in [1.807, 2.05) is 0 Å². The largest absolute Gasteiger partial charge is 0.378 e. The Morgan fingerprint density at radius 1 is 1.25 bits per heavy atom. The lowest BCUT2D eigenvalue weighted by Gasteiger charge is -2.32. The van der Waals surface area contributed by atoms with Crippen molar-refractivity contribution < 1.29 is 25.5 Å². The highest BCUT2D eigenvalue weighted by atomic mass is 32.3. The number of rotatable bonds is 3. The molecule has 1 aliphatic rings. The van der Waals surface area contributed by atoms with Gasteiger partial charge in [0.05, 0.1) is 23.0 Å². The molecule has 0 radical (unpaired) electrons. The van der Waals surface area contributed by atoms with E-state index in [0.717, 1.165) is 12.1 Å². The van der Waals surface area contributed by atoms with Crippen LogP contribution in [0.25, 0.3) is 0 Å². The van der Waals surface area contributed by atoms with Crippen molar-refractivity contribution in [2.24, 2.45) is 0 Å². The van der Waals surface area contributed by atoms with E-state index >= 15 is 0 Å². The zero-order chi connectivity index (χ0) is 15.0. The van der Waals surface area contributed by atoms with Crippen LogP contribution >= 0.6 is 0 Å². The molecule has 0 spiro atoms. The quantitative estimate of drug-likeness (QED) is 0.767. The average molecular weight is 323 g/mol. The molecule has 1 fully saturated rings. The number of benzene rings is 1. The summed E-state index contributed by atoms with van der Waals surface area (Å²) in [5.74, 6) is 0. The van der Waals surface area contributed by atoms with Crippen molar-refractivity contribution >= 4 is 20.2 Å². The predicted octanol–water partition coefficient (Wildman–Crippen LogP) is 0.754. The predicted molar refractivity (Wildman–Crippen MR) is 68.9 cm³/mol. The van der Waals surface area contributed by atoms with Crippen LogP contribution < -0.4 is 0 Å². The maximum Gasteiger partial charge on any atom is 0.332 e. The van der Waals surface area contributed by atoms with Crippen LogP contribution in [0, 0.1) is 0 Å². The van der Waals surface area contributed by atoms with E-state index in [2.05, 4.69) is 0 Å². The Hall–Kier alpha value is -1.03. The third-order valence-electron chi connectivity index (χ3n) is 3.00. The van der Waals surface area contributed by atoms with Gasteiger partial charge in [0.15, 0.2) is 0 Å². The Bertz CT molecular complexity index is 701. The molecule has 0 aromatic heterocycles. The molecule has 112 valence electrons. The zero-order valence-corrected chi connectivity index (χ0v) is 12.3. The second-order valence-corrected chi connectivity index (χ2v) is 7.69. The van der Waals surface area contributed by atoms with Crippen LogP contribution in [0.2, 0.25) is 0 Å². The molecule has 20 heavy (non-hydrogen) atoms. The van der Waals surface area contributed by atoms with Crippen molar-refractivity contribution in [3.8, 4) is 0 Å². The molecule has 2 rings (SSSR count). The van der Waals surface area contributed by atoms with Gasteiger partial charge in [-0.3, -0.25) is 0 Å². The maximum absolute atomic E-state index is 13.0. The normalized spacial score (nSPS) is 21.8. The van der Waals surface area contributed by atoms with Gasteiger partial charge >= 0.3 is 10.2 Å². The van der Waals surface area contributed by atoms with Crippen LogP contribution in [-0.4, -0.2) is 46.9 Å². The van der Waals surface area contributed by atoms with Gasteiger partial charge in [0.25, 0.3) is 0 Å². The van der Waals surface area contributed by atoms with Gasteiger partial charge < -0.3 is 4.74 Å². The number of hydrogen-bond acceptors (Lipinski definition) is 5. The summed E-state index contributed by atoms with van der Waals surface area (Å²) in [5, 5.41) is 0. The van der Waals surface area contributed by atoms with Gasteiger partial charge in [-0.15, -0.1) is 3.89 Å². The lowest BCUT2D eigenvalue weighted by molar-refractivity contribution is 0.0392. The summed E-state index contributed by atoms with van der Waals surface area (Å²) < 4.78 is 65.9. The minimum atomic E-state index is -4.94. The molecular weight excluding hydrogens is 309 g/mol. The fraction of sp³-hybridized carbons (Fsp3) is 0.455. The summed E-state index contributed by atoms with van der Waals surface area (Å²) >= 11 is 0. The van der Waals surface area contributed by atoms with Gasteiger partial charge in [-0.2, -0.15) is 12.7 Å². The molecule has 1 aromatic rings.